The Bertz CT molecular complexity index is 1160. The third-order valence-electron chi connectivity index (χ3n) is 4.94. The van der Waals surface area contributed by atoms with Crippen LogP contribution in [0.25, 0.3) is 10.2 Å². The average molecular weight is 405 g/mol. The number of aryl methyl sites for hydroxylation is 2. The lowest BCUT2D eigenvalue weighted by Crippen LogP contribution is -2.31. The van der Waals surface area contributed by atoms with Crippen molar-refractivity contribution in [2.75, 3.05) is 4.90 Å². The summed E-state index contributed by atoms with van der Waals surface area (Å²) in [7, 11) is 0. The number of anilines is 1. The molecule has 0 bridgehead atoms. The van der Waals surface area contributed by atoms with E-state index in [1.807, 2.05) is 25.1 Å². The molecule has 0 fully saturated rings. The summed E-state index contributed by atoms with van der Waals surface area (Å²) in [6.45, 7) is 4.49. The highest BCUT2D eigenvalue weighted by Gasteiger charge is 2.21. The van der Waals surface area contributed by atoms with Gasteiger partial charge in [-0.1, -0.05) is 35.6 Å². The highest BCUT2D eigenvalue weighted by Crippen LogP contribution is 2.33. The number of aromatic nitrogens is 2. The molecular weight excluding hydrogens is 385 g/mol. The third-order valence-corrected chi connectivity index (χ3v) is 5.98. The van der Waals surface area contributed by atoms with Gasteiger partial charge in [-0.3, -0.25) is 14.7 Å². The number of nitrogens with zero attached hydrogens (tertiary/aromatic N) is 3. The van der Waals surface area contributed by atoms with Crippen LogP contribution >= 0.6 is 11.3 Å². The number of rotatable bonds is 5. The van der Waals surface area contributed by atoms with E-state index >= 15 is 0 Å². The van der Waals surface area contributed by atoms with Crippen LogP contribution in [0.15, 0.2) is 60.9 Å². The molecule has 0 aliphatic carbocycles. The van der Waals surface area contributed by atoms with Crippen molar-refractivity contribution in [2.45, 2.75) is 26.8 Å². The van der Waals surface area contributed by atoms with Gasteiger partial charge in [0.1, 0.15) is 5.82 Å². The summed E-state index contributed by atoms with van der Waals surface area (Å²) in [5.74, 6) is -0.403. The van der Waals surface area contributed by atoms with Crippen molar-refractivity contribution in [2.24, 2.45) is 0 Å². The van der Waals surface area contributed by atoms with E-state index in [-0.39, 0.29) is 18.1 Å². The zero-order chi connectivity index (χ0) is 20.4. The molecule has 0 aliphatic rings. The highest BCUT2D eigenvalue weighted by molar-refractivity contribution is 7.22. The summed E-state index contributed by atoms with van der Waals surface area (Å²) in [6.07, 6.45) is 3.63. The van der Waals surface area contributed by atoms with Crippen molar-refractivity contribution in [1.82, 2.24) is 9.97 Å². The fourth-order valence-corrected chi connectivity index (χ4v) is 4.18. The molecule has 2 aromatic heterocycles. The lowest BCUT2D eigenvalue weighted by molar-refractivity contribution is -0.118. The Morgan fingerprint density at radius 3 is 2.59 bits per heavy atom. The van der Waals surface area contributed by atoms with Gasteiger partial charge in [-0.05, 0) is 60.4 Å². The summed E-state index contributed by atoms with van der Waals surface area (Å²) < 4.78 is 14.3. The summed E-state index contributed by atoms with van der Waals surface area (Å²) >= 11 is 1.50. The number of carbonyl (C=O) groups excluding carboxylic acids is 1. The zero-order valence-corrected chi connectivity index (χ0v) is 17.0. The lowest BCUT2D eigenvalue weighted by atomic mass is 10.1. The third kappa shape index (κ3) is 4.17. The van der Waals surface area contributed by atoms with Gasteiger partial charge < -0.3 is 0 Å². The number of carbonyl (C=O) groups is 1. The van der Waals surface area contributed by atoms with Crippen LogP contribution in [0.2, 0.25) is 0 Å². The Kier molecular flexibility index (Phi) is 5.36. The molecule has 0 spiro atoms. The fraction of sp³-hybridized carbons (Fsp3) is 0.174. The first kappa shape index (κ1) is 19.2. The number of thiazole rings is 1. The summed E-state index contributed by atoms with van der Waals surface area (Å²) in [4.78, 5) is 23.8. The molecule has 29 heavy (non-hydrogen) atoms. The van der Waals surface area contributed by atoms with Crippen LogP contribution in [0.5, 0.6) is 0 Å². The minimum absolute atomic E-state index is 0.0890. The van der Waals surface area contributed by atoms with Gasteiger partial charge in [-0.25, -0.2) is 9.37 Å². The molecule has 0 saturated carbocycles. The van der Waals surface area contributed by atoms with Gasteiger partial charge in [-0.2, -0.15) is 0 Å². The number of hydrogen-bond acceptors (Lipinski definition) is 4. The normalized spacial score (nSPS) is 11.0. The zero-order valence-electron chi connectivity index (χ0n) is 16.2. The SMILES string of the molecule is Cc1ccc2sc(N(Cc3cccnc3)C(=O)Cc3ccc(F)cc3)nc2c1C. The van der Waals surface area contributed by atoms with Gasteiger partial charge in [0, 0.05) is 12.4 Å². The standard InChI is InChI=1S/C23H20FN3OS/c1-15-5-10-20-22(16(15)2)26-23(29-20)27(14-18-4-3-11-25-13-18)21(28)12-17-6-8-19(24)9-7-17/h3-11,13H,12,14H2,1-2H3. The number of amides is 1. The number of halogens is 1. The van der Waals surface area contributed by atoms with E-state index in [1.165, 1.54) is 29.0 Å². The molecule has 4 aromatic rings. The molecule has 2 heterocycles. The minimum atomic E-state index is -0.314. The predicted octanol–water partition coefficient (Wildman–Crippen LogP) is 5.22. The quantitative estimate of drug-likeness (QED) is 0.457. The van der Waals surface area contributed by atoms with Crippen molar-refractivity contribution >= 4 is 32.6 Å². The molecule has 1 amide bonds. The van der Waals surface area contributed by atoms with E-state index < -0.39 is 0 Å². The maximum atomic E-state index is 13.2. The Morgan fingerprint density at radius 2 is 1.86 bits per heavy atom. The first-order chi connectivity index (χ1) is 14.0. The Balaban J connectivity index is 1.70. The van der Waals surface area contributed by atoms with Crippen LogP contribution in [-0.2, 0) is 17.8 Å². The van der Waals surface area contributed by atoms with Gasteiger partial charge in [0.25, 0.3) is 0 Å². The van der Waals surface area contributed by atoms with E-state index in [0.29, 0.717) is 11.7 Å². The maximum Gasteiger partial charge on any atom is 0.233 e. The molecule has 0 aliphatic heterocycles. The second-order valence-corrected chi connectivity index (χ2v) is 8.00. The van der Waals surface area contributed by atoms with Gasteiger partial charge in [-0.15, -0.1) is 0 Å². The van der Waals surface area contributed by atoms with Crippen LogP contribution < -0.4 is 4.90 Å². The lowest BCUT2D eigenvalue weighted by Gasteiger charge is -2.20. The van der Waals surface area contributed by atoms with Gasteiger partial charge >= 0.3 is 0 Å². The topological polar surface area (TPSA) is 46.1 Å². The van der Waals surface area contributed by atoms with Crippen LogP contribution in [0.1, 0.15) is 22.3 Å². The smallest absolute Gasteiger partial charge is 0.233 e. The van der Waals surface area contributed by atoms with Gasteiger partial charge in [0.2, 0.25) is 5.91 Å². The van der Waals surface area contributed by atoms with Gasteiger partial charge in [0.15, 0.2) is 5.13 Å². The van der Waals surface area contributed by atoms with E-state index in [0.717, 1.165) is 26.9 Å². The molecule has 0 saturated heterocycles. The van der Waals surface area contributed by atoms with Crippen LogP contribution in [0, 0.1) is 19.7 Å². The van der Waals surface area contributed by atoms with Crippen LogP contribution in [0.4, 0.5) is 9.52 Å². The second-order valence-electron chi connectivity index (χ2n) is 7.00. The van der Waals surface area contributed by atoms with Crippen molar-refractivity contribution in [3.8, 4) is 0 Å². The summed E-state index contributed by atoms with van der Waals surface area (Å²) in [5, 5.41) is 0.657. The van der Waals surface area contributed by atoms with Crippen LogP contribution in [0.3, 0.4) is 0 Å². The van der Waals surface area contributed by atoms with E-state index in [2.05, 4.69) is 18.0 Å². The predicted molar refractivity (Wildman–Crippen MR) is 115 cm³/mol. The molecule has 0 atom stereocenters. The Morgan fingerprint density at radius 1 is 1.07 bits per heavy atom. The number of hydrogen-bond donors (Lipinski definition) is 0. The first-order valence-corrected chi connectivity index (χ1v) is 10.1. The second kappa shape index (κ2) is 8.09. The number of pyridine rings is 1. The monoisotopic (exact) mass is 405 g/mol. The first-order valence-electron chi connectivity index (χ1n) is 9.32. The summed E-state index contributed by atoms with van der Waals surface area (Å²) in [5.41, 5.74) is 4.91. The van der Waals surface area contributed by atoms with Crippen LogP contribution in [-0.4, -0.2) is 15.9 Å². The van der Waals surface area contributed by atoms with E-state index in [1.54, 1.807) is 29.4 Å². The summed E-state index contributed by atoms with van der Waals surface area (Å²) in [6, 6.07) is 13.9. The molecule has 6 heteroatoms. The van der Waals surface area contributed by atoms with E-state index in [4.69, 9.17) is 4.98 Å². The molecule has 4 nitrogen and oxygen atoms in total. The Labute approximate surface area is 172 Å². The molecule has 0 N–H and O–H groups in total. The van der Waals surface area contributed by atoms with Crippen molar-refractivity contribution in [1.29, 1.82) is 0 Å². The van der Waals surface area contributed by atoms with Gasteiger partial charge in [0.05, 0.1) is 23.2 Å². The highest BCUT2D eigenvalue weighted by atomic mass is 32.1. The molecule has 2 aromatic carbocycles. The number of fused-ring (bicyclic) bond motifs is 1. The molecule has 0 unspecified atom stereocenters. The largest absolute Gasteiger partial charge is 0.283 e. The van der Waals surface area contributed by atoms with Crippen molar-refractivity contribution in [3.63, 3.8) is 0 Å². The number of benzene rings is 2. The fourth-order valence-electron chi connectivity index (χ4n) is 3.14. The Hall–Kier alpha value is -3.12. The molecule has 4 rings (SSSR count). The average Bonchev–Trinajstić information content (AvgIpc) is 3.16. The molecule has 0 radical (unpaired) electrons. The van der Waals surface area contributed by atoms with Crippen molar-refractivity contribution in [3.05, 3.63) is 89.0 Å². The molecule has 146 valence electrons. The molecular formula is C23H20FN3OS. The van der Waals surface area contributed by atoms with E-state index in [9.17, 15) is 9.18 Å². The van der Waals surface area contributed by atoms with Crippen molar-refractivity contribution < 1.29 is 9.18 Å². The minimum Gasteiger partial charge on any atom is -0.283 e. The maximum absolute atomic E-state index is 13.2.